The Hall–Kier alpha value is -8.14. The molecule has 400 valence electrons. The molecule has 0 heterocycles. The number of Topliss-reactive ketones (excluding diaryl/α,β-unsaturated/α-hetero) is 3. The molecule has 0 aliphatic carbocycles. The first-order valence-electron chi connectivity index (χ1n) is 24.8. The molecule has 0 saturated heterocycles. The summed E-state index contributed by atoms with van der Waals surface area (Å²) in [5.41, 5.74) is 4.40. The fourth-order valence-corrected chi connectivity index (χ4v) is 6.77. The monoisotopic (exact) mass is 1030 g/mol. The molecule has 2 atom stereocenters. The lowest BCUT2D eigenvalue weighted by atomic mass is 10.0. The smallest absolute Gasteiger partial charge is 0.329 e. The van der Waals surface area contributed by atoms with Gasteiger partial charge in [0.25, 0.3) is 0 Å². The summed E-state index contributed by atoms with van der Waals surface area (Å²) >= 11 is 0. The van der Waals surface area contributed by atoms with Crippen molar-refractivity contribution < 1.29 is 67.1 Å². The Kier molecular flexibility index (Phi) is 28.0. The second kappa shape index (κ2) is 34.3. The van der Waals surface area contributed by atoms with Crippen LogP contribution in [-0.2, 0) is 80.1 Å². The van der Waals surface area contributed by atoms with Crippen LogP contribution in [-0.4, -0.2) is 84.6 Å². The van der Waals surface area contributed by atoms with E-state index in [2.05, 4.69) is 10.6 Å². The molecule has 16 nitrogen and oxygen atoms in total. The van der Waals surface area contributed by atoms with E-state index >= 15 is 0 Å². The lowest BCUT2D eigenvalue weighted by molar-refractivity contribution is -0.149. The number of phenols is 1. The number of methoxy groups -OCH3 is 1. The molecule has 0 fully saturated rings. The average molecular weight is 1030 g/mol. The second-order valence-electron chi connectivity index (χ2n) is 17.4. The van der Waals surface area contributed by atoms with Crippen LogP contribution in [0.3, 0.4) is 0 Å². The fraction of sp³-hybridized carbons (Fsp3) is 0.356. The van der Waals surface area contributed by atoms with Crippen LogP contribution in [0.2, 0.25) is 0 Å². The van der Waals surface area contributed by atoms with Gasteiger partial charge in [-0.05, 0) is 123 Å². The van der Waals surface area contributed by atoms with Crippen molar-refractivity contribution in [1.82, 2.24) is 10.6 Å². The number of ketones is 3. The third-order valence-electron chi connectivity index (χ3n) is 10.8. The van der Waals surface area contributed by atoms with Gasteiger partial charge >= 0.3 is 17.9 Å². The minimum atomic E-state index is -0.822. The Bertz CT molecular complexity index is 2550. The van der Waals surface area contributed by atoms with Gasteiger partial charge in [0.1, 0.15) is 59.9 Å². The highest BCUT2D eigenvalue weighted by Gasteiger charge is 2.24. The van der Waals surface area contributed by atoms with Gasteiger partial charge in [0.2, 0.25) is 11.8 Å². The minimum absolute atomic E-state index is 0.0255. The number of benzene rings is 5. The van der Waals surface area contributed by atoms with Crippen molar-refractivity contribution in [3.63, 3.8) is 0 Å². The van der Waals surface area contributed by atoms with E-state index in [-0.39, 0.29) is 80.0 Å². The number of amides is 2. The van der Waals surface area contributed by atoms with Crippen LogP contribution >= 0.6 is 0 Å². The minimum Gasteiger partial charge on any atom is -0.508 e. The van der Waals surface area contributed by atoms with Gasteiger partial charge in [0.15, 0.2) is 5.78 Å². The number of aromatic hydroxyl groups is 1. The lowest BCUT2D eigenvalue weighted by Crippen LogP contribution is -2.43. The Morgan fingerprint density at radius 1 is 0.493 bits per heavy atom. The Labute approximate surface area is 439 Å². The molecule has 0 spiro atoms. The number of hydrogen-bond donors (Lipinski definition) is 3. The number of esters is 3. The predicted octanol–water partition coefficient (Wildman–Crippen LogP) is 8.33. The summed E-state index contributed by atoms with van der Waals surface area (Å²) < 4.78 is 26.4. The molecule has 0 aliphatic rings. The van der Waals surface area contributed by atoms with E-state index in [1.54, 1.807) is 74.7 Å². The van der Waals surface area contributed by atoms with Crippen molar-refractivity contribution in [1.29, 1.82) is 0 Å². The highest BCUT2D eigenvalue weighted by atomic mass is 16.5. The summed E-state index contributed by atoms with van der Waals surface area (Å²) in [5, 5.41) is 14.9. The molecule has 0 saturated carbocycles. The second-order valence-corrected chi connectivity index (χ2v) is 17.4. The van der Waals surface area contributed by atoms with Crippen molar-refractivity contribution in [3.8, 4) is 23.0 Å². The van der Waals surface area contributed by atoms with Gasteiger partial charge in [-0.1, -0.05) is 85.8 Å². The summed E-state index contributed by atoms with van der Waals surface area (Å²) in [6.07, 6.45) is 3.80. The zero-order chi connectivity index (χ0) is 55.0. The van der Waals surface area contributed by atoms with E-state index in [9.17, 15) is 43.5 Å². The highest BCUT2D eigenvalue weighted by Crippen LogP contribution is 2.18. The molecule has 0 aromatic heterocycles. The lowest BCUT2D eigenvalue weighted by Gasteiger charge is -2.18. The zero-order valence-electron chi connectivity index (χ0n) is 43.7. The zero-order valence-corrected chi connectivity index (χ0v) is 43.7. The molecule has 0 aliphatic heterocycles. The first-order chi connectivity index (χ1) is 36.0. The maximum atomic E-state index is 12.9. The van der Waals surface area contributed by atoms with E-state index in [1.807, 2.05) is 73.7 Å². The molecule has 75 heavy (non-hydrogen) atoms. The van der Waals surface area contributed by atoms with E-state index < -0.39 is 24.0 Å². The summed E-state index contributed by atoms with van der Waals surface area (Å²) in [6.45, 7) is 8.42. The van der Waals surface area contributed by atoms with Gasteiger partial charge in [0, 0.05) is 44.9 Å². The SMILES string of the molecule is CC(=O)CCC(C)=O.CCCC(=O)Oc1ccc(CC(NC(=O)CCc2ccc(O)cc2)C(=O)OCC)cc1.COc1ccc(CC(NC(=O)CCc2ccc(OCC(C)=O)cc2)C(=O)OCc2ccccc2)cc1. The number of phenolic OH excluding ortho intramolecular Hbond substituents is 1. The molecular formula is C59H70N2O14. The van der Waals surface area contributed by atoms with Crippen molar-refractivity contribution in [2.24, 2.45) is 0 Å². The van der Waals surface area contributed by atoms with Crippen molar-refractivity contribution in [2.75, 3.05) is 20.3 Å². The van der Waals surface area contributed by atoms with Crippen molar-refractivity contribution >= 4 is 47.1 Å². The van der Waals surface area contributed by atoms with E-state index in [1.165, 1.54) is 20.8 Å². The summed E-state index contributed by atoms with van der Waals surface area (Å²) in [4.78, 5) is 93.4. The molecule has 5 aromatic carbocycles. The first kappa shape index (κ1) is 61.2. The molecule has 2 unspecified atom stereocenters. The maximum Gasteiger partial charge on any atom is 0.329 e. The predicted molar refractivity (Wildman–Crippen MR) is 282 cm³/mol. The van der Waals surface area contributed by atoms with Crippen LogP contribution < -0.4 is 24.8 Å². The van der Waals surface area contributed by atoms with Gasteiger partial charge in [-0.3, -0.25) is 19.2 Å². The third-order valence-corrected chi connectivity index (χ3v) is 10.8. The number of aryl methyl sites for hydroxylation is 2. The van der Waals surface area contributed by atoms with Crippen LogP contribution in [0, 0.1) is 0 Å². The molecule has 5 rings (SSSR count). The first-order valence-corrected chi connectivity index (χ1v) is 24.8. The topological polar surface area (TPSA) is 227 Å². The van der Waals surface area contributed by atoms with Crippen LogP contribution in [0.25, 0.3) is 0 Å². The van der Waals surface area contributed by atoms with Crippen LogP contribution in [0.15, 0.2) is 127 Å². The molecule has 0 bridgehead atoms. The summed E-state index contributed by atoms with van der Waals surface area (Å²) in [5.74, 6) is 0.229. The van der Waals surface area contributed by atoms with Gasteiger partial charge in [-0.2, -0.15) is 0 Å². The molecule has 3 N–H and O–H groups in total. The largest absolute Gasteiger partial charge is 0.508 e. The van der Waals surface area contributed by atoms with Gasteiger partial charge < -0.3 is 49.0 Å². The maximum absolute atomic E-state index is 12.9. The number of nitrogens with one attached hydrogen (secondary N) is 2. The van der Waals surface area contributed by atoms with E-state index in [4.69, 9.17) is 23.7 Å². The van der Waals surface area contributed by atoms with Gasteiger partial charge in [-0.15, -0.1) is 0 Å². The molecule has 5 aromatic rings. The van der Waals surface area contributed by atoms with Gasteiger partial charge in [0.05, 0.1) is 13.7 Å². The quantitative estimate of drug-likeness (QED) is 0.0332. The Morgan fingerprint density at radius 3 is 1.40 bits per heavy atom. The Balaban J connectivity index is 0.000000348. The van der Waals surface area contributed by atoms with Crippen molar-refractivity contribution in [3.05, 3.63) is 155 Å². The highest BCUT2D eigenvalue weighted by molar-refractivity contribution is 5.86. The number of hydrogen-bond acceptors (Lipinski definition) is 14. The summed E-state index contributed by atoms with van der Waals surface area (Å²) in [7, 11) is 1.59. The third kappa shape index (κ3) is 26.4. The molecular weight excluding hydrogens is 961 g/mol. The van der Waals surface area contributed by atoms with Crippen LogP contribution in [0.4, 0.5) is 0 Å². The Morgan fingerprint density at radius 2 is 0.947 bits per heavy atom. The number of carbonyl (C=O) groups is 8. The molecule has 16 heteroatoms. The molecule has 2 amide bonds. The summed E-state index contributed by atoms with van der Waals surface area (Å²) in [6, 6.07) is 35.8. The van der Waals surface area contributed by atoms with Crippen LogP contribution in [0.1, 0.15) is 101 Å². The average Bonchev–Trinajstić information content (AvgIpc) is 3.39. The van der Waals surface area contributed by atoms with Crippen molar-refractivity contribution in [2.45, 2.75) is 118 Å². The van der Waals surface area contributed by atoms with E-state index in [0.717, 1.165) is 27.8 Å². The standard InChI is InChI=1S/C29H31NO6.C24H29NO6.C6H10O2/c1-21(31)19-35-26-15-8-22(9-16-26)12-17-28(32)30-27(18-23-10-13-25(34-2)14-11-23)29(33)36-20-24-6-4-3-5-7-24;1-3-5-23(28)31-20-13-8-18(9-14-20)16-21(24(29)30-4-2)25-22(27)15-10-17-6-11-19(26)12-7-17;1-5(7)3-4-6(2)8/h3-11,13-16,27H,12,17-20H2,1-2H3,(H,30,32);6-9,11-14,21,26H,3-5,10,15-16H2,1-2H3,(H,25,27);3-4H2,1-2H3. The van der Waals surface area contributed by atoms with Crippen LogP contribution in [0.5, 0.6) is 23.0 Å². The number of rotatable bonds is 27. The van der Waals surface area contributed by atoms with E-state index in [0.29, 0.717) is 62.2 Å². The molecule has 0 radical (unpaired) electrons. The number of ether oxygens (including phenoxy) is 5. The normalized spacial score (nSPS) is 11.1. The number of carbonyl (C=O) groups excluding carboxylic acids is 8. The fourth-order valence-electron chi connectivity index (χ4n) is 6.77. The van der Waals surface area contributed by atoms with Gasteiger partial charge in [-0.25, -0.2) is 9.59 Å².